The van der Waals surface area contributed by atoms with Crippen molar-refractivity contribution in [1.82, 2.24) is 0 Å². The number of hydrogen-bond acceptors (Lipinski definition) is 4. The molecule has 3 rings (SSSR count). The predicted molar refractivity (Wildman–Crippen MR) is 108 cm³/mol. The Kier molecular flexibility index (Phi) is 6.54. The van der Waals surface area contributed by atoms with E-state index in [-0.39, 0.29) is 0 Å². The summed E-state index contributed by atoms with van der Waals surface area (Å²) in [6.45, 7) is 4.76. The van der Waals surface area contributed by atoms with Gasteiger partial charge in [0.2, 0.25) is 0 Å². The van der Waals surface area contributed by atoms with Crippen molar-refractivity contribution in [2.75, 3.05) is 32.2 Å². The minimum absolute atomic E-state index is 0.346. The van der Waals surface area contributed by atoms with Crippen LogP contribution in [-0.4, -0.2) is 32.9 Å². The fourth-order valence-electron chi connectivity index (χ4n) is 2.91. The first-order valence-corrected chi connectivity index (χ1v) is 9.15. The van der Waals surface area contributed by atoms with E-state index in [1.165, 1.54) is 0 Å². The maximum absolute atomic E-state index is 6.06. The van der Waals surface area contributed by atoms with Crippen LogP contribution in [0.3, 0.4) is 0 Å². The van der Waals surface area contributed by atoms with Gasteiger partial charge in [-0.05, 0) is 37.1 Å². The number of rotatable bonds is 7. The number of ether oxygens (including phenoxy) is 3. The average Bonchev–Trinajstić information content (AvgIpc) is 3.19. The number of aliphatic imine (C=N–C) groups is 1. The number of benzene rings is 2. The lowest BCUT2D eigenvalue weighted by atomic mass is 10.1. The molecule has 1 aliphatic heterocycles. The van der Waals surface area contributed by atoms with Crippen molar-refractivity contribution < 1.29 is 14.2 Å². The highest BCUT2D eigenvalue weighted by molar-refractivity contribution is 5.92. The molecule has 1 atom stereocenters. The molecule has 0 spiro atoms. The Hall–Kier alpha value is -2.73. The lowest BCUT2D eigenvalue weighted by Gasteiger charge is -2.14. The number of hydrogen-bond donors (Lipinski definition) is 2. The molecule has 0 aromatic heterocycles. The van der Waals surface area contributed by atoms with Gasteiger partial charge >= 0.3 is 0 Å². The highest BCUT2D eigenvalue weighted by Crippen LogP contribution is 2.23. The third kappa shape index (κ3) is 5.62. The summed E-state index contributed by atoms with van der Waals surface area (Å²) in [6, 6.07) is 13.7. The summed E-state index contributed by atoms with van der Waals surface area (Å²) in [5.74, 6) is 2.43. The van der Waals surface area contributed by atoms with E-state index >= 15 is 0 Å². The van der Waals surface area contributed by atoms with Gasteiger partial charge in [0.15, 0.2) is 5.96 Å². The van der Waals surface area contributed by atoms with Crippen molar-refractivity contribution in [3.05, 3.63) is 53.6 Å². The topological polar surface area (TPSA) is 78.1 Å². The number of nitrogens with one attached hydrogen (secondary N) is 1. The number of methoxy groups -OCH3 is 1. The Bertz CT molecular complexity index is 786. The quantitative estimate of drug-likeness (QED) is 0.578. The Labute approximate surface area is 160 Å². The normalized spacial score (nSPS) is 17.0. The smallest absolute Gasteiger partial charge is 0.193 e. The second-order valence-electron chi connectivity index (χ2n) is 6.71. The molecule has 2 aromatic rings. The van der Waals surface area contributed by atoms with Gasteiger partial charge in [-0.2, -0.15) is 0 Å². The molecule has 1 aliphatic rings. The van der Waals surface area contributed by atoms with E-state index in [1.54, 1.807) is 7.11 Å². The molecule has 6 heteroatoms. The summed E-state index contributed by atoms with van der Waals surface area (Å²) in [7, 11) is 1.63. The monoisotopic (exact) mass is 369 g/mol. The molecule has 1 unspecified atom stereocenters. The molecule has 2 aromatic carbocycles. The van der Waals surface area contributed by atoms with Gasteiger partial charge in [0.1, 0.15) is 11.5 Å². The maximum atomic E-state index is 6.06. The van der Waals surface area contributed by atoms with Crippen LogP contribution in [0.25, 0.3) is 0 Å². The Morgan fingerprint density at radius 3 is 2.96 bits per heavy atom. The largest absolute Gasteiger partial charge is 0.497 e. The minimum Gasteiger partial charge on any atom is -0.497 e. The first-order chi connectivity index (χ1) is 13.1. The van der Waals surface area contributed by atoms with Crippen LogP contribution in [0.4, 0.5) is 5.69 Å². The Morgan fingerprint density at radius 1 is 1.30 bits per heavy atom. The molecule has 1 fully saturated rings. The Balaban J connectivity index is 1.63. The van der Waals surface area contributed by atoms with E-state index in [1.807, 2.05) is 36.4 Å². The van der Waals surface area contributed by atoms with E-state index in [0.717, 1.165) is 47.9 Å². The summed E-state index contributed by atoms with van der Waals surface area (Å²) < 4.78 is 16.7. The molecule has 0 bridgehead atoms. The van der Waals surface area contributed by atoms with Gasteiger partial charge in [-0.3, -0.25) is 0 Å². The van der Waals surface area contributed by atoms with Crippen LogP contribution in [0.2, 0.25) is 0 Å². The van der Waals surface area contributed by atoms with Gasteiger partial charge in [-0.15, -0.1) is 0 Å². The minimum atomic E-state index is 0.346. The van der Waals surface area contributed by atoms with Crippen molar-refractivity contribution in [3.63, 3.8) is 0 Å². The second kappa shape index (κ2) is 9.28. The van der Waals surface area contributed by atoms with E-state index in [2.05, 4.69) is 23.3 Å². The van der Waals surface area contributed by atoms with Gasteiger partial charge in [-0.1, -0.05) is 18.2 Å². The van der Waals surface area contributed by atoms with Crippen LogP contribution in [-0.2, 0) is 11.3 Å². The van der Waals surface area contributed by atoms with Crippen molar-refractivity contribution >= 4 is 11.6 Å². The summed E-state index contributed by atoms with van der Waals surface area (Å²) >= 11 is 0. The third-order valence-corrected chi connectivity index (χ3v) is 4.48. The summed E-state index contributed by atoms with van der Waals surface area (Å²) in [5.41, 5.74) is 9.03. The second-order valence-corrected chi connectivity index (χ2v) is 6.71. The van der Waals surface area contributed by atoms with Gasteiger partial charge in [0, 0.05) is 29.8 Å². The molecule has 27 heavy (non-hydrogen) atoms. The SMILES string of the molecule is COc1cccc(NC(N)=NCc2ccc(C)cc2OCC2CCOC2)c1. The van der Waals surface area contributed by atoms with Crippen molar-refractivity contribution in [3.8, 4) is 11.5 Å². The van der Waals surface area contributed by atoms with Crippen molar-refractivity contribution in [1.29, 1.82) is 0 Å². The molecule has 0 saturated carbocycles. The lowest BCUT2D eigenvalue weighted by molar-refractivity contribution is 0.166. The first-order valence-electron chi connectivity index (χ1n) is 9.15. The van der Waals surface area contributed by atoms with Gasteiger partial charge in [0.05, 0.1) is 26.9 Å². The van der Waals surface area contributed by atoms with Gasteiger partial charge in [-0.25, -0.2) is 4.99 Å². The van der Waals surface area contributed by atoms with Crippen LogP contribution in [0.15, 0.2) is 47.5 Å². The van der Waals surface area contributed by atoms with Crippen LogP contribution in [0.5, 0.6) is 11.5 Å². The molecule has 0 aliphatic carbocycles. The zero-order valence-corrected chi connectivity index (χ0v) is 15.9. The predicted octanol–water partition coefficient (Wildman–Crippen LogP) is 3.35. The van der Waals surface area contributed by atoms with Crippen LogP contribution in [0.1, 0.15) is 17.5 Å². The molecule has 1 heterocycles. The number of nitrogens with two attached hydrogens (primary N) is 1. The maximum Gasteiger partial charge on any atom is 0.193 e. The van der Waals surface area contributed by atoms with E-state index < -0.39 is 0 Å². The molecule has 0 radical (unpaired) electrons. The van der Waals surface area contributed by atoms with E-state index in [4.69, 9.17) is 19.9 Å². The molecular weight excluding hydrogens is 342 g/mol. The zero-order valence-electron chi connectivity index (χ0n) is 15.9. The standard InChI is InChI=1S/C21H27N3O3/c1-15-6-7-17(20(10-15)27-14-16-8-9-26-13-16)12-23-21(22)24-18-4-3-5-19(11-18)25-2/h3-7,10-11,16H,8-9,12-14H2,1-2H3,(H3,22,23,24). The molecule has 1 saturated heterocycles. The van der Waals surface area contributed by atoms with Crippen molar-refractivity contribution in [2.24, 2.45) is 16.6 Å². The molecular formula is C21H27N3O3. The fourth-order valence-corrected chi connectivity index (χ4v) is 2.91. The summed E-state index contributed by atoms with van der Waals surface area (Å²) in [6.07, 6.45) is 1.05. The van der Waals surface area contributed by atoms with E-state index in [0.29, 0.717) is 25.0 Å². The summed E-state index contributed by atoms with van der Waals surface area (Å²) in [5, 5.41) is 3.08. The van der Waals surface area contributed by atoms with Crippen LogP contribution < -0.4 is 20.5 Å². The third-order valence-electron chi connectivity index (χ3n) is 4.48. The molecule has 144 valence electrons. The Morgan fingerprint density at radius 2 is 2.19 bits per heavy atom. The van der Waals surface area contributed by atoms with Crippen molar-refractivity contribution in [2.45, 2.75) is 19.9 Å². The molecule has 0 amide bonds. The van der Waals surface area contributed by atoms with Crippen LogP contribution in [0, 0.1) is 12.8 Å². The molecule has 6 nitrogen and oxygen atoms in total. The van der Waals surface area contributed by atoms with Crippen LogP contribution >= 0.6 is 0 Å². The highest BCUT2D eigenvalue weighted by atomic mass is 16.5. The lowest BCUT2D eigenvalue weighted by Crippen LogP contribution is -2.22. The molecule has 3 N–H and O–H groups in total. The zero-order chi connectivity index (χ0) is 19.1. The number of anilines is 1. The van der Waals surface area contributed by atoms with Gasteiger partial charge in [0.25, 0.3) is 0 Å². The first kappa shape index (κ1) is 19.0. The summed E-state index contributed by atoms with van der Waals surface area (Å²) in [4.78, 5) is 4.45. The number of nitrogens with zero attached hydrogens (tertiary/aromatic N) is 1. The van der Waals surface area contributed by atoms with E-state index in [9.17, 15) is 0 Å². The number of guanidine groups is 1. The highest BCUT2D eigenvalue weighted by Gasteiger charge is 2.17. The van der Waals surface area contributed by atoms with Gasteiger partial charge < -0.3 is 25.3 Å². The fraction of sp³-hybridized carbons (Fsp3) is 0.381. The number of aryl methyl sites for hydroxylation is 1. The average molecular weight is 369 g/mol.